The molecule has 0 spiro atoms. The Balaban J connectivity index is 1.77. The number of benzene rings is 1. The van der Waals surface area contributed by atoms with Crippen molar-refractivity contribution in [3.63, 3.8) is 0 Å². The van der Waals surface area contributed by atoms with Crippen LogP contribution in [-0.2, 0) is 4.79 Å². The smallest absolute Gasteiger partial charge is 0.471 e. The van der Waals surface area contributed by atoms with Crippen molar-refractivity contribution in [3.05, 3.63) is 29.8 Å². The highest BCUT2D eigenvalue weighted by Gasteiger charge is 2.43. The average molecular weight is 358 g/mol. The van der Waals surface area contributed by atoms with Gasteiger partial charge in [0, 0.05) is 25.2 Å². The van der Waals surface area contributed by atoms with Crippen LogP contribution in [-0.4, -0.2) is 49.1 Å². The molecule has 25 heavy (non-hydrogen) atoms. The molecule has 1 saturated heterocycles. The molecule has 0 aromatic heterocycles. The number of rotatable bonds is 5. The van der Waals surface area contributed by atoms with Gasteiger partial charge in [-0.25, -0.2) is 0 Å². The summed E-state index contributed by atoms with van der Waals surface area (Å²) in [4.78, 5) is 24.1. The van der Waals surface area contributed by atoms with E-state index in [-0.39, 0.29) is 24.9 Å². The van der Waals surface area contributed by atoms with Gasteiger partial charge < -0.3 is 15.0 Å². The molecule has 1 aromatic carbocycles. The van der Waals surface area contributed by atoms with Crippen molar-refractivity contribution in [3.8, 4) is 5.75 Å². The molecule has 1 fully saturated rings. The van der Waals surface area contributed by atoms with E-state index in [0.717, 1.165) is 4.90 Å². The number of carbonyl (C=O) groups is 2. The van der Waals surface area contributed by atoms with Gasteiger partial charge in [0.2, 0.25) is 0 Å². The molecule has 0 unspecified atom stereocenters. The largest absolute Gasteiger partial charge is 0.494 e. The average Bonchev–Trinajstić information content (AvgIpc) is 2.59. The predicted molar refractivity (Wildman–Crippen MR) is 85.3 cm³/mol. The van der Waals surface area contributed by atoms with E-state index in [1.54, 1.807) is 24.3 Å². The van der Waals surface area contributed by atoms with E-state index >= 15 is 0 Å². The molecule has 2 rings (SSSR count). The summed E-state index contributed by atoms with van der Waals surface area (Å²) in [7, 11) is 0. The van der Waals surface area contributed by atoms with Gasteiger partial charge in [-0.15, -0.1) is 0 Å². The Kier molecular flexibility index (Phi) is 6.27. The van der Waals surface area contributed by atoms with E-state index in [9.17, 15) is 22.8 Å². The number of ether oxygens (including phenoxy) is 1. The lowest BCUT2D eigenvalue weighted by Crippen LogP contribution is -2.46. The standard InChI is InChI=1S/C17H21F3N2O3/c1-2-25-14-5-3-13(4-6-14)15(23)21-11-12-7-9-22(10-8-12)16(24)17(18,19)20/h3-6,12H,2,7-11H2,1H3,(H,21,23). The first kappa shape index (κ1) is 19.1. The molecule has 1 heterocycles. The fraction of sp³-hybridized carbons (Fsp3) is 0.529. The lowest BCUT2D eigenvalue weighted by Gasteiger charge is -2.32. The Morgan fingerprint density at radius 1 is 1.20 bits per heavy atom. The highest BCUT2D eigenvalue weighted by molar-refractivity contribution is 5.94. The van der Waals surface area contributed by atoms with Gasteiger partial charge in [0.25, 0.3) is 5.91 Å². The van der Waals surface area contributed by atoms with Crippen molar-refractivity contribution in [2.45, 2.75) is 25.9 Å². The second-order valence-corrected chi connectivity index (χ2v) is 5.90. The van der Waals surface area contributed by atoms with Gasteiger partial charge in [0.15, 0.2) is 0 Å². The highest BCUT2D eigenvalue weighted by atomic mass is 19.4. The molecule has 1 N–H and O–H groups in total. The number of nitrogens with zero attached hydrogens (tertiary/aromatic N) is 1. The summed E-state index contributed by atoms with van der Waals surface area (Å²) in [5, 5.41) is 2.79. The third-order valence-electron chi connectivity index (χ3n) is 4.12. The number of piperidine rings is 1. The summed E-state index contributed by atoms with van der Waals surface area (Å²) in [6.45, 7) is 2.90. The summed E-state index contributed by atoms with van der Waals surface area (Å²) in [5.41, 5.74) is 0.494. The van der Waals surface area contributed by atoms with E-state index in [0.29, 0.717) is 37.3 Å². The minimum absolute atomic E-state index is 0.0575. The molecule has 0 saturated carbocycles. The molecule has 1 aromatic rings. The van der Waals surface area contributed by atoms with E-state index < -0.39 is 12.1 Å². The highest BCUT2D eigenvalue weighted by Crippen LogP contribution is 2.23. The molecule has 2 amide bonds. The normalized spacial score (nSPS) is 15.8. The SMILES string of the molecule is CCOc1ccc(C(=O)NCC2CCN(C(=O)C(F)(F)F)CC2)cc1. The van der Waals surface area contributed by atoms with Gasteiger partial charge in [0.05, 0.1) is 6.61 Å². The quantitative estimate of drug-likeness (QED) is 0.880. The molecule has 138 valence electrons. The summed E-state index contributed by atoms with van der Waals surface area (Å²) in [6.07, 6.45) is -3.95. The lowest BCUT2D eigenvalue weighted by atomic mass is 9.96. The van der Waals surface area contributed by atoms with Crippen molar-refractivity contribution in [1.29, 1.82) is 0 Å². The maximum atomic E-state index is 12.4. The second-order valence-electron chi connectivity index (χ2n) is 5.90. The number of carbonyl (C=O) groups excluding carboxylic acids is 2. The Bertz CT molecular complexity index is 594. The van der Waals surface area contributed by atoms with Crippen LogP contribution in [0.1, 0.15) is 30.1 Å². The Morgan fingerprint density at radius 3 is 2.32 bits per heavy atom. The van der Waals surface area contributed by atoms with E-state index in [4.69, 9.17) is 4.74 Å². The van der Waals surface area contributed by atoms with Crippen LogP contribution in [0, 0.1) is 5.92 Å². The third-order valence-corrected chi connectivity index (χ3v) is 4.12. The molecule has 0 atom stereocenters. The molecule has 0 bridgehead atoms. The Labute approximate surface area is 144 Å². The summed E-state index contributed by atoms with van der Waals surface area (Å²) < 4.78 is 42.5. The molecule has 1 aliphatic heterocycles. The minimum Gasteiger partial charge on any atom is -0.494 e. The zero-order valence-corrected chi connectivity index (χ0v) is 13.9. The van der Waals surface area contributed by atoms with Gasteiger partial charge in [-0.3, -0.25) is 9.59 Å². The first-order valence-corrected chi connectivity index (χ1v) is 8.18. The topological polar surface area (TPSA) is 58.6 Å². The van der Waals surface area contributed by atoms with Crippen LogP contribution >= 0.6 is 0 Å². The molecule has 0 radical (unpaired) electrons. The van der Waals surface area contributed by atoms with Crippen LogP contribution in [0.3, 0.4) is 0 Å². The maximum absolute atomic E-state index is 12.4. The van der Waals surface area contributed by atoms with Crippen molar-refractivity contribution < 1.29 is 27.5 Å². The van der Waals surface area contributed by atoms with Crippen LogP contribution in [0.5, 0.6) is 5.75 Å². The second kappa shape index (κ2) is 8.22. The van der Waals surface area contributed by atoms with Crippen molar-refractivity contribution in [2.75, 3.05) is 26.2 Å². The summed E-state index contributed by atoms with van der Waals surface area (Å²) >= 11 is 0. The first-order chi connectivity index (χ1) is 11.8. The van der Waals surface area contributed by atoms with Gasteiger partial charge in [-0.2, -0.15) is 13.2 Å². The number of amides is 2. The van der Waals surface area contributed by atoms with Crippen LogP contribution in [0.4, 0.5) is 13.2 Å². The lowest BCUT2D eigenvalue weighted by molar-refractivity contribution is -0.186. The van der Waals surface area contributed by atoms with E-state index in [1.165, 1.54) is 0 Å². The van der Waals surface area contributed by atoms with E-state index in [1.807, 2.05) is 6.92 Å². The third kappa shape index (κ3) is 5.37. The van der Waals surface area contributed by atoms with Crippen LogP contribution in [0.25, 0.3) is 0 Å². The summed E-state index contributed by atoms with van der Waals surface area (Å²) in [6, 6.07) is 6.73. The zero-order valence-electron chi connectivity index (χ0n) is 13.9. The van der Waals surface area contributed by atoms with Crippen molar-refractivity contribution in [1.82, 2.24) is 10.2 Å². The number of likely N-dealkylation sites (tertiary alicyclic amines) is 1. The Hall–Kier alpha value is -2.25. The Morgan fingerprint density at radius 2 is 1.80 bits per heavy atom. The van der Waals surface area contributed by atoms with Gasteiger partial charge in [0.1, 0.15) is 5.75 Å². The fourth-order valence-corrected chi connectivity index (χ4v) is 2.73. The number of halogens is 3. The summed E-state index contributed by atoms with van der Waals surface area (Å²) in [5.74, 6) is -1.29. The fourth-order valence-electron chi connectivity index (χ4n) is 2.73. The number of nitrogens with one attached hydrogen (secondary N) is 1. The number of hydrogen-bond acceptors (Lipinski definition) is 3. The monoisotopic (exact) mass is 358 g/mol. The molecule has 1 aliphatic rings. The van der Waals surface area contributed by atoms with Crippen LogP contribution < -0.4 is 10.1 Å². The molecular weight excluding hydrogens is 337 g/mol. The van der Waals surface area contributed by atoms with Gasteiger partial charge >= 0.3 is 12.1 Å². The van der Waals surface area contributed by atoms with E-state index in [2.05, 4.69) is 5.32 Å². The minimum atomic E-state index is -4.82. The van der Waals surface area contributed by atoms with Crippen LogP contribution in [0.15, 0.2) is 24.3 Å². The zero-order chi connectivity index (χ0) is 18.4. The molecular formula is C17H21F3N2O3. The maximum Gasteiger partial charge on any atom is 0.471 e. The van der Waals surface area contributed by atoms with Gasteiger partial charge in [-0.1, -0.05) is 0 Å². The van der Waals surface area contributed by atoms with Crippen molar-refractivity contribution in [2.24, 2.45) is 5.92 Å². The van der Waals surface area contributed by atoms with Gasteiger partial charge in [-0.05, 0) is 49.9 Å². The molecule has 5 nitrogen and oxygen atoms in total. The van der Waals surface area contributed by atoms with Crippen LogP contribution in [0.2, 0.25) is 0 Å². The number of alkyl halides is 3. The first-order valence-electron chi connectivity index (χ1n) is 8.18. The predicted octanol–water partition coefficient (Wildman–Crippen LogP) is 2.62. The molecule has 0 aliphatic carbocycles. The van der Waals surface area contributed by atoms with Crippen molar-refractivity contribution >= 4 is 11.8 Å². The number of hydrogen-bond donors (Lipinski definition) is 1. The molecule has 8 heteroatoms.